The minimum atomic E-state index is -0.859. The minimum Gasteiger partial charge on any atom is -0.371 e. The van der Waals surface area contributed by atoms with Gasteiger partial charge in [-0.2, -0.15) is 0 Å². The van der Waals surface area contributed by atoms with E-state index in [1.54, 1.807) is 11.0 Å². The molecule has 5 rings (SSSR count). The molecule has 2 aliphatic heterocycles. The van der Waals surface area contributed by atoms with Crippen LogP contribution in [0, 0.1) is 27.2 Å². The van der Waals surface area contributed by atoms with E-state index in [1.807, 2.05) is 0 Å². The van der Waals surface area contributed by atoms with E-state index in [2.05, 4.69) is 9.88 Å². The van der Waals surface area contributed by atoms with Crippen molar-refractivity contribution in [3.05, 3.63) is 80.1 Å². The second kappa shape index (κ2) is 8.75. The van der Waals surface area contributed by atoms with E-state index in [0.717, 1.165) is 44.8 Å². The van der Waals surface area contributed by atoms with Crippen molar-refractivity contribution in [2.75, 3.05) is 31.1 Å². The maximum Gasteiger partial charge on any atom is 0.270 e. The monoisotopic (exact) mass is 482 g/mol. The van der Waals surface area contributed by atoms with Gasteiger partial charge in [0.1, 0.15) is 0 Å². The Hall–Kier alpha value is -3.82. The van der Waals surface area contributed by atoms with Crippen LogP contribution in [0.15, 0.2) is 47.3 Å². The number of halogens is 2. The van der Waals surface area contributed by atoms with Crippen molar-refractivity contribution in [2.45, 2.75) is 25.7 Å². The van der Waals surface area contributed by atoms with Crippen molar-refractivity contribution in [1.82, 2.24) is 9.88 Å². The molecule has 35 heavy (non-hydrogen) atoms. The van der Waals surface area contributed by atoms with Gasteiger partial charge in [0.25, 0.3) is 11.6 Å². The molecule has 1 amide bonds. The predicted octanol–water partition coefficient (Wildman–Crippen LogP) is 4.24. The number of aromatic amines is 1. The van der Waals surface area contributed by atoms with Crippen molar-refractivity contribution in [1.29, 1.82) is 0 Å². The number of carbonyl (C=O) groups excluding carboxylic acids is 1. The third-order valence-corrected chi connectivity index (χ3v) is 7.47. The number of amides is 1. The number of pyridine rings is 1. The average molecular weight is 482 g/mol. The summed E-state index contributed by atoms with van der Waals surface area (Å²) in [6.45, 7) is 2.49. The molecular weight excluding hydrogens is 458 g/mol. The summed E-state index contributed by atoms with van der Waals surface area (Å²) in [5.74, 6) is -2.02. The smallest absolute Gasteiger partial charge is 0.270 e. The molecule has 2 aliphatic rings. The fourth-order valence-corrected chi connectivity index (χ4v) is 5.31. The Bertz CT molecular complexity index is 1370. The van der Waals surface area contributed by atoms with E-state index in [1.165, 1.54) is 30.3 Å². The third kappa shape index (κ3) is 4.36. The summed E-state index contributed by atoms with van der Waals surface area (Å²) < 4.78 is 26.9. The number of nitro groups is 1. The van der Waals surface area contributed by atoms with Crippen LogP contribution in [-0.2, 0) is 0 Å². The number of rotatable bonds is 3. The Labute approximate surface area is 199 Å². The number of hydrogen-bond donors (Lipinski definition) is 1. The number of fused-ring (bicyclic) bond motifs is 1. The first-order chi connectivity index (χ1) is 16.7. The quantitative estimate of drug-likeness (QED) is 0.445. The number of nitrogens with one attached hydrogen (secondary N) is 1. The van der Waals surface area contributed by atoms with Crippen LogP contribution in [0.2, 0.25) is 0 Å². The highest BCUT2D eigenvalue weighted by Crippen LogP contribution is 2.42. The molecule has 3 heterocycles. The van der Waals surface area contributed by atoms with Crippen LogP contribution in [0.5, 0.6) is 0 Å². The lowest BCUT2D eigenvalue weighted by Crippen LogP contribution is -2.48. The Morgan fingerprint density at radius 3 is 2.29 bits per heavy atom. The number of benzene rings is 2. The summed E-state index contributed by atoms with van der Waals surface area (Å²) in [5.41, 5.74) is 0.695. The number of hydrogen-bond acceptors (Lipinski definition) is 5. The SMILES string of the molecule is O=C(c1cc(=O)[nH]c2ccc([N+](=O)[O-])cc12)N1CCC2(CC1)CCN(c1ccc(F)c(F)c1)CC2. The van der Waals surface area contributed by atoms with E-state index >= 15 is 0 Å². The third-order valence-electron chi connectivity index (χ3n) is 7.47. The molecule has 0 aliphatic carbocycles. The standard InChI is InChI=1S/C25H24F2N4O4/c26-20-3-1-16(14-21(20)27)29-9-5-25(6-10-29)7-11-30(12-8-25)24(33)19-15-23(32)28-22-4-2-17(31(34)35)13-18(19)22/h1-4,13-15H,5-12H2,(H,28,32). The molecular formula is C25H24F2N4O4. The number of non-ortho nitro benzene ring substituents is 1. The second-order valence-corrected chi connectivity index (χ2v) is 9.41. The number of carbonyl (C=O) groups is 1. The average Bonchev–Trinajstić information content (AvgIpc) is 2.85. The molecule has 2 fully saturated rings. The van der Waals surface area contributed by atoms with E-state index in [-0.39, 0.29) is 22.6 Å². The summed E-state index contributed by atoms with van der Waals surface area (Å²) >= 11 is 0. The van der Waals surface area contributed by atoms with Crippen molar-refractivity contribution in [2.24, 2.45) is 5.41 Å². The van der Waals surface area contributed by atoms with Crippen LogP contribution < -0.4 is 10.5 Å². The van der Waals surface area contributed by atoms with Gasteiger partial charge < -0.3 is 14.8 Å². The fourth-order valence-electron chi connectivity index (χ4n) is 5.31. The maximum absolute atomic E-state index is 13.6. The zero-order valence-electron chi connectivity index (χ0n) is 18.9. The van der Waals surface area contributed by atoms with Crippen LogP contribution >= 0.6 is 0 Å². The first-order valence-corrected chi connectivity index (χ1v) is 11.6. The number of H-pyrrole nitrogens is 1. The number of piperidine rings is 2. The zero-order chi connectivity index (χ0) is 24.7. The van der Waals surface area contributed by atoms with Gasteiger partial charge in [-0.1, -0.05) is 0 Å². The Kier molecular flexibility index (Phi) is 5.74. The summed E-state index contributed by atoms with van der Waals surface area (Å²) in [6.07, 6.45) is 3.36. The molecule has 8 nitrogen and oxygen atoms in total. The largest absolute Gasteiger partial charge is 0.371 e. The molecule has 0 saturated carbocycles. The molecule has 0 atom stereocenters. The van der Waals surface area contributed by atoms with Crippen molar-refractivity contribution in [3.8, 4) is 0 Å². The van der Waals surface area contributed by atoms with E-state index in [4.69, 9.17) is 0 Å². The lowest BCUT2D eigenvalue weighted by Gasteiger charge is -2.47. The molecule has 0 unspecified atom stereocenters. The van der Waals surface area contributed by atoms with Gasteiger partial charge in [0.2, 0.25) is 5.56 Å². The molecule has 1 spiro atoms. The number of nitrogens with zero attached hydrogens (tertiary/aromatic N) is 3. The molecule has 2 saturated heterocycles. The van der Waals surface area contributed by atoms with Crippen LogP contribution in [0.25, 0.3) is 10.9 Å². The first kappa shape index (κ1) is 22.9. The van der Waals surface area contributed by atoms with Crippen LogP contribution in [0.4, 0.5) is 20.2 Å². The summed E-state index contributed by atoms with van der Waals surface area (Å²) in [6, 6.07) is 9.23. The topological polar surface area (TPSA) is 99.5 Å². The minimum absolute atomic E-state index is 0.0703. The van der Waals surface area contributed by atoms with Gasteiger partial charge in [-0.25, -0.2) is 8.78 Å². The summed E-state index contributed by atoms with van der Waals surface area (Å²) in [4.78, 5) is 42.5. The fraction of sp³-hybridized carbons (Fsp3) is 0.360. The molecule has 182 valence electrons. The molecule has 1 aromatic heterocycles. The highest BCUT2D eigenvalue weighted by molar-refractivity contribution is 6.06. The summed E-state index contributed by atoms with van der Waals surface area (Å²) in [7, 11) is 0. The van der Waals surface area contributed by atoms with E-state index in [0.29, 0.717) is 29.7 Å². The Balaban J connectivity index is 1.29. The molecule has 0 radical (unpaired) electrons. The highest BCUT2D eigenvalue weighted by atomic mass is 19.2. The Morgan fingerprint density at radius 2 is 1.63 bits per heavy atom. The van der Waals surface area contributed by atoms with Crippen LogP contribution in [0.3, 0.4) is 0 Å². The molecule has 10 heteroatoms. The first-order valence-electron chi connectivity index (χ1n) is 11.6. The van der Waals surface area contributed by atoms with Crippen LogP contribution in [-0.4, -0.2) is 46.9 Å². The van der Waals surface area contributed by atoms with Gasteiger partial charge in [-0.15, -0.1) is 0 Å². The lowest BCUT2D eigenvalue weighted by molar-refractivity contribution is -0.384. The normalized spacial score (nSPS) is 17.7. The summed E-state index contributed by atoms with van der Waals surface area (Å²) in [5, 5.41) is 11.6. The number of nitro benzene ring substituents is 1. The number of anilines is 1. The van der Waals surface area contributed by atoms with Gasteiger partial charge in [-0.3, -0.25) is 19.7 Å². The lowest BCUT2D eigenvalue weighted by atomic mass is 9.71. The van der Waals surface area contributed by atoms with Crippen molar-refractivity contribution in [3.63, 3.8) is 0 Å². The molecule has 1 N–H and O–H groups in total. The van der Waals surface area contributed by atoms with Gasteiger partial charge in [-0.05, 0) is 49.3 Å². The molecule has 0 bridgehead atoms. The van der Waals surface area contributed by atoms with Gasteiger partial charge in [0.15, 0.2) is 11.6 Å². The van der Waals surface area contributed by atoms with Crippen LogP contribution in [0.1, 0.15) is 36.0 Å². The molecule has 3 aromatic rings. The maximum atomic E-state index is 13.6. The Morgan fingerprint density at radius 1 is 0.943 bits per heavy atom. The predicted molar refractivity (Wildman–Crippen MR) is 127 cm³/mol. The highest BCUT2D eigenvalue weighted by Gasteiger charge is 2.39. The van der Waals surface area contributed by atoms with Crippen molar-refractivity contribution >= 4 is 28.2 Å². The van der Waals surface area contributed by atoms with Gasteiger partial charge >= 0.3 is 0 Å². The van der Waals surface area contributed by atoms with Gasteiger partial charge in [0, 0.05) is 67.0 Å². The van der Waals surface area contributed by atoms with Gasteiger partial charge in [0.05, 0.1) is 10.5 Å². The van der Waals surface area contributed by atoms with Crippen molar-refractivity contribution < 1.29 is 18.5 Å². The van der Waals surface area contributed by atoms with E-state index < -0.39 is 22.1 Å². The van der Waals surface area contributed by atoms with E-state index in [9.17, 15) is 28.5 Å². The number of aromatic nitrogens is 1. The zero-order valence-corrected chi connectivity index (χ0v) is 18.9. The molecule has 2 aromatic carbocycles. The second-order valence-electron chi connectivity index (χ2n) is 9.41. The number of likely N-dealkylation sites (tertiary alicyclic amines) is 1.